The van der Waals surface area contributed by atoms with Gasteiger partial charge in [-0.15, -0.1) is 0 Å². The Labute approximate surface area is 164 Å². The maximum absolute atomic E-state index is 12.4. The minimum Gasteiger partial charge on any atom is -0.454 e. The van der Waals surface area contributed by atoms with Gasteiger partial charge in [0.15, 0.2) is 17.3 Å². The Morgan fingerprint density at radius 2 is 1.43 bits per heavy atom. The molecule has 0 amide bonds. The molecule has 0 spiro atoms. The molecular formula is C25H20O3. The minimum absolute atomic E-state index is 0.163. The zero-order valence-electron chi connectivity index (χ0n) is 15.4. The lowest BCUT2D eigenvalue weighted by molar-refractivity contribution is -0.115. The number of benzene rings is 3. The molecule has 5 rings (SSSR count). The third-order valence-corrected chi connectivity index (χ3v) is 5.48. The van der Waals surface area contributed by atoms with E-state index in [-0.39, 0.29) is 18.5 Å². The lowest BCUT2D eigenvalue weighted by atomic mass is 9.81. The SMILES string of the molecule is O=C1C=C(c2ccc(-c3ccccc3)cc2)C[C@@H](c2ccc3c(c2)OCO3)C1. The molecule has 0 saturated heterocycles. The zero-order chi connectivity index (χ0) is 18.9. The summed E-state index contributed by atoms with van der Waals surface area (Å²) in [6, 6.07) is 24.8. The summed E-state index contributed by atoms with van der Waals surface area (Å²) in [4.78, 5) is 12.4. The van der Waals surface area contributed by atoms with E-state index in [1.807, 2.05) is 36.4 Å². The van der Waals surface area contributed by atoms with Gasteiger partial charge in [0.2, 0.25) is 6.79 Å². The molecule has 3 aromatic carbocycles. The first-order chi connectivity index (χ1) is 13.8. The summed E-state index contributed by atoms with van der Waals surface area (Å²) >= 11 is 0. The Kier molecular flexibility index (Phi) is 4.21. The van der Waals surface area contributed by atoms with E-state index in [1.54, 1.807) is 6.08 Å². The summed E-state index contributed by atoms with van der Waals surface area (Å²) in [6.07, 6.45) is 3.18. The molecule has 3 heteroatoms. The zero-order valence-corrected chi connectivity index (χ0v) is 15.4. The van der Waals surface area contributed by atoms with Gasteiger partial charge in [-0.3, -0.25) is 4.79 Å². The van der Waals surface area contributed by atoms with E-state index >= 15 is 0 Å². The van der Waals surface area contributed by atoms with Crippen molar-refractivity contribution in [2.24, 2.45) is 0 Å². The van der Waals surface area contributed by atoms with Gasteiger partial charge in [0, 0.05) is 6.42 Å². The Balaban J connectivity index is 1.40. The van der Waals surface area contributed by atoms with Gasteiger partial charge in [-0.25, -0.2) is 0 Å². The first kappa shape index (κ1) is 16.8. The number of ether oxygens (including phenoxy) is 2. The third kappa shape index (κ3) is 3.20. The van der Waals surface area contributed by atoms with Crippen LogP contribution in [0.25, 0.3) is 16.7 Å². The normalized spacial score (nSPS) is 18.1. The molecule has 3 nitrogen and oxygen atoms in total. The van der Waals surface area contributed by atoms with Crippen LogP contribution in [-0.2, 0) is 4.79 Å². The first-order valence-corrected chi connectivity index (χ1v) is 9.55. The number of carbonyl (C=O) groups excluding carboxylic acids is 1. The van der Waals surface area contributed by atoms with Crippen molar-refractivity contribution < 1.29 is 14.3 Å². The predicted molar refractivity (Wildman–Crippen MR) is 109 cm³/mol. The number of ketones is 1. The molecule has 0 aromatic heterocycles. The summed E-state index contributed by atoms with van der Waals surface area (Å²) in [7, 11) is 0. The highest BCUT2D eigenvalue weighted by Gasteiger charge is 2.25. The summed E-state index contributed by atoms with van der Waals surface area (Å²) in [5, 5.41) is 0. The van der Waals surface area contributed by atoms with Crippen LogP contribution in [0.15, 0.2) is 78.9 Å². The van der Waals surface area contributed by atoms with Crippen LogP contribution in [0.5, 0.6) is 11.5 Å². The maximum atomic E-state index is 12.4. The van der Waals surface area contributed by atoms with Crippen molar-refractivity contribution in [2.45, 2.75) is 18.8 Å². The molecule has 1 aliphatic heterocycles. The molecular weight excluding hydrogens is 348 g/mol. The quantitative estimate of drug-likeness (QED) is 0.602. The Bertz CT molecular complexity index is 1050. The molecule has 2 aliphatic rings. The van der Waals surface area contributed by atoms with Crippen molar-refractivity contribution in [1.29, 1.82) is 0 Å². The monoisotopic (exact) mass is 368 g/mol. The van der Waals surface area contributed by atoms with Gasteiger partial charge in [0.25, 0.3) is 0 Å². The molecule has 1 heterocycles. The maximum Gasteiger partial charge on any atom is 0.231 e. The summed E-state index contributed by atoms with van der Waals surface area (Å²) in [5.41, 5.74) is 5.71. The molecule has 1 aliphatic carbocycles. The molecule has 28 heavy (non-hydrogen) atoms. The van der Waals surface area contributed by atoms with Crippen LogP contribution < -0.4 is 9.47 Å². The van der Waals surface area contributed by atoms with Crippen molar-refractivity contribution in [3.63, 3.8) is 0 Å². The van der Waals surface area contributed by atoms with Gasteiger partial charge < -0.3 is 9.47 Å². The molecule has 0 N–H and O–H groups in total. The Morgan fingerprint density at radius 1 is 0.714 bits per heavy atom. The van der Waals surface area contributed by atoms with Gasteiger partial charge in [-0.2, -0.15) is 0 Å². The van der Waals surface area contributed by atoms with Crippen LogP contribution in [0.3, 0.4) is 0 Å². The molecule has 0 radical (unpaired) electrons. The van der Waals surface area contributed by atoms with E-state index < -0.39 is 0 Å². The number of hydrogen-bond acceptors (Lipinski definition) is 3. The Hall–Kier alpha value is -3.33. The van der Waals surface area contributed by atoms with Gasteiger partial charge in [-0.1, -0.05) is 60.7 Å². The minimum atomic E-state index is 0.163. The Morgan fingerprint density at radius 3 is 2.25 bits per heavy atom. The fourth-order valence-corrected chi connectivity index (χ4v) is 4.00. The smallest absolute Gasteiger partial charge is 0.231 e. The van der Waals surface area contributed by atoms with Crippen LogP contribution in [0.2, 0.25) is 0 Å². The first-order valence-electron chi connectivity index (χ1n) is 9.55. The molecule has 0 unspecified atom stereocenters. The van der Waals surface area contributed by atoms with Gasteiger partial charge >= 0.3 is 0 Å². The van der Waals surface area contributed by atoms with E-state index in [9.17, 15) is 4.79 Å². The number of rotatable bonds is 3. The van der Waals surface area contributed by atoms with Gasteiger partial charge in [0.1, 0.15) is 0 Å². The largest absolute Gasteiger partial charge is 0.454 e. The molecule has 138 valence electrons. The predicted octanol–water partition coefficient (Wildman–Crippen LogP) is 5.61. The third-order valence-electron chi connectivity index (χ3n) is 5.48. The van der Waals surface area contributed by atoms with Crippen molar-refractivity contribution >= 4 is 11.4 Å². The summed E-state index contributed by atoms with van der Waals surface area (Å²) < 4.78 is 10.9. The van der Waals surface area contributed by atoms with Crippen LogP contribution >= 0.6 is 0 Å². The van der Waals surface area contributed by atoms with Crippen LogP contribution in [0.4, 0.5) is 0 Å². The van der Waals surface area contributed by atoms with E-state index in [0.29, 0.717) is 6.42 Å². The van der Waals surface area contributed by atoms with Crippen molar-refractivity contribution in [2.75, 3.05) is 6.79 Å². The number of hydrogen-bond donors (Lipinski definition) is 0. The van der Waals surface area contributed by atoms with Crippen LogP contribution in [-0.4, -0.2) is 12.6 Å². The van der Waals surface area contributed by atoms with Crippen molar-refractivity contribution in [3.8, 4) is 22.6 Å². The summed E-state index contributed by atoms with van der Waals surface area (Å²) in [5.74, 6) is 1.89. The summed E-state index contributed by atoms with van der Waals surface area (Å²) in [6.45, 7) is 0.265. The molecule has 3 aromatic rings. The van der Waals surface area contributed by atoms with Gasteiger partial charge in [0.05, 0.1) is 0 Å². The second kappa shape index (κ2) is 7.01. The highest BCUT2D eigenvalue weighted by atomic mass is 16.7. The topological polar surface area (TPSA) is 35.5 Å². The number of carbonyl (C=O) groups is 1. The van der Waals surface area contributed by atoms with E-state index in [0.717, 1.165) is 34.6 Å². The van der Waals surface area contributed by atoms with E-state index in [4.69, 9.17) is 9.47 Å². The second-order valence-corrected chi connectivity index (χ2v) is 7.30. The van der Waals surface area contributed by atoms with E-state index in [1.165, 1.54) is 11.1 Å². The number of allylic oxidation sites excluding steroid dienone is 2. The lowest BCUT2D eigenvalue weighted by Gasteiger charge is -2.23. The van der Waals surface area contributed by atoms with Gasteiger partial charge in [-0.05, 0) is 58.4 Å². The molecule has 0 fully saturated rings. The standard InChI is InChI=1S/C25H20O3/c26-23-13-21(19-8-6-18(7-9-19)17-4-2-1-3-5-17)12-22(14-23)20-10-11-24-25(15-20)28-16-27-24/h1-11,13,15,22H,12,14,16H2/t22-/m1/s1. The van der Waals surface area contributed by atoms with E-state index in [2.05, 4.69) is 36.4 Å². The fraction of sp³-hybridized carbons (Fsp3) is 0.160. The lowest BCUT2D eigenvalue weighted by Crippen LogP contribution is -2.12. The highest BCUT2D eigenvalue weighted by molar-refractivity contribution is 5.99. The van der Waals surface area contributed by atoms with Crippen molar-refractivity contribution in [1.82, 2.24) is 0 Å². The average Bonchev–Trinajstić information content (AvgIpc) is 3.22. The second-order valence-electron chi connectivity index (χ2n) is 7.30. The number of fused-ring (bicyclic) bond motifs is 1. The van der Waals surface area contributed by atoms with Crippen LogP contribution in [0, 0.1) is 0 Å². The van der Waals surface area contributed by atoms with Crippen molar-refractivity contribution in [3.05, 3.63) is 90.0 Å². The molecule has 0 saturated carbocycles. The molecule has 0 bridgehead atoms. The van der Waals surface area contributed by atoms with Crippen LogP contribution in [0.1, 0.15) is 29.9 Å². The average molecular weight is 368 g/mol. The highest BCUT2D eigenvalue weighted by Crippen LogP contribution is 2.40. The fourth-order valence-electron chi connectivity index (χ4n) is 4.00. The molecule has 1 atom stereocenters.